The Labute approximate surface area is 269 Å². The van der Waals surface area contributed by atoms with Crippen LogP contribution >= 0.6 is 23.1 Å². The van der Waals surface area contributed by atoms with Gasteiger partial charge in [-0.1, -0.05) is 0 Å². The number of benzene rings is 6. The molecule has 6 rings (SSSR count). The van der Waals surface area contributed by atoms with Crippen LogP contribution in [0, 0.1) is 0 Å². The van der Waals surface area contributed by atoms with Crippen molar-refractivity contribution in [2.45, 2.75) is 0 Å². The topological polar surface area (TPSA) is 34.1 Å². The molecular weight excluding hydrogens is 605 g/mol. The Bertz CT molecular complexity index is 1500. The Morgan fingerprint density at radius 1 is 0.333 bits per heavy atom. The summed E-state index contributed by atoms with van der Waals surface area (Å²) in [5.41, 5.74) is 0.0561. The van der Waals surface area contributed by atoms with Crippen molar-refractivity contribution < 1.29 is 9.59 Å². The van der Waals surface area contributed by atoms with Crippen molar-refractivity contribution in [1.82, 2.24) is 0 Å². The first-order valence-electron chi connectivity index (χ1n) is 15.3. The standard InChI is InChI=1S/C40H37O2P3/c41-39(31-44(33-19-7-1-8-20-33,34-21-9-2-10-22-34)35-23-11-3-12-24-35)43-40(42)32-45(36-25-13-4-14-26-36,37-27-15-5-16-28-37)38-29-17-6-18-30-38/h1-30,43-45H,31-32H2. The normalized spacial score (nSPS) is 12.5. The van der Waals surface area contributed by atoms with E-state index in [4.69, 9.17) is 0 Å². The molecule has 0 aliphatic heterocycles. The summed E-state index contributed by atoms with van der Waals surface area (Å²) in [6, 6.07) is 62.7. The average molecular weight is 643 g/mol. The van der Waals surface area contributed by atoms with E-state index < -0.39 is 23.1 Å². The van der Waals surface area contributed by atoms with E-state index in [2.05, 4.69) is 146 Å². The van der Waals surface area contributed by atoms with E-state index in [0.717, 1.165) is 0 Å². The van der Waals surface area contributed by atoms with Gasteiger partial charge in [-0.25, -0.2) is 0 Å². The van der Waals surface area contributed by atoms with Crippen LogP contribution in [0.3, 0.4) is 0 Å². The molecule has 0 aliphatic rings. The molecule has 6 aromatic carbocycles. The third kappa shape index (κ3) is 6.52. The number of carbonyl (C=O) groups is 2. The minimum atomic E-state index is -2.79. The average Bonchev–Trinajstić information content (AvgIpc) is 3.12. The van der Waals surface area contributed by atoms with Gasteiger partial charge in [0.15, 0.2) is 0 Å². The van der Waals surface area contributed by atoms with Crippen molar-refractivity contribution in [2.75, 3.05) is 12.3 Å². The number of hydrogen-bond donors (Lipinski definition) is 0. The van der Waals surface area contributed by atoms with Gasteiger partial charge in [-0.3, -0.25) is 0 Å². The molecule has 0 N–H and O–H groups in total. The second-order valence-electron chi connectivity index (χ2n) is 11.3. The van der Waals surface area contributed by atoms with Crippen molar-refractivity contribution in [3.05, 3.63) is 182 Å². The summed E-state index contributed by atoms with van der Waals surface area (Å²) in [7, 11) is -5.99. The van der Waals surface area contributed by atoms with Crippen molar-refractivity contribution in [3.63, 3.8) is 0 Å². The molecule has 0 heterocycles. The van der Waals surface area contributed by atoms with E-state index in [1.165, 1.54) is 31.8 Å². The molecule has 0 aromatic heterocycles. The zero-order valence-electron chi connectivity index (χ0n) is 25.1. The second kappa shape index (κ2) is 14.4. The van der Waals surface area contributed by atoms with Gasteiger partial charge in [-0.15, -0.1) is 0 Å². The maximum absolute atomic E-state index is 14.3. The molecule has 0 saturated heterocycles. The van der Waals surface area contributed by atoms with Crippen LogP contribution in [0.4, 0.5) is 0 Å². The quantitative estimate of drug-likeness (QED) is 0.150. The van der Waals surface area contributed by atoms with Gasteiger partial charge in [-0.2, -0.15) is 0 Å². The molecule has 0 fully saturated rings. The van der Waals surface area contributed by atoms with Crippen LogP contribution in [0.25, 0.3) is 0 Å². The van der Waals surface area contributed by atoms with Crippen LogP contribution in [-0.2, 0) is 9.59 Å². The molecule has 0 amide bonds. The number of carbonyl (C=O) groups excluding carboxylic acids is 2. The van der Waals surface area contributed by atoms with Gasteiger partial charge in [-0.05, 0) is 0 Å². The van der Waals surface area contributed by atoms with Gasteiger partial charge in [0, 0.05) is 0 Å². The van der Waals surface area contributed by atoms with Crippen LogP contribution in [0.1, 0.15) is 0 Å². The summed E-state index contributed by atoms with van der Waals surface area (Å²) in [5.74, 6) is 0. The second-order valence-corrected chi connectivity index (χ2v) is 20.5. The number of hydrogen-bond acceptors (Lipinski definition) is 2. The van der Waals surface area contributed by atoms with Crippen LogP contribution in [-0.4, -0.2) is 23.4 Å². The third-order valence-electron chi connectivity index (χ3n) is 8.73. The molecule has 0 aliphatic carbocycles. The molecule has 224 valence electrons. The fraction of sp³-hybridized carbons (Fsp3) is 0.0500. The SMILES string of the molecule is O=C(C[PH](c1ccccc1)(c1ccccc1)c1ccccc1)PC(=O)C[PH](c1ccccc1)(c1ccccc1)c1ccccc1. The Hall–Kier alpha value is -4.05. The molecular formula is C40H37O2P3. The fourth-order valence-corrected chi connectivity index (χ4v) is 18.0. The molecule has 2 nitrogen and oxygen atoms in total. The number of rotatable bonds is 12. The van der Waals surface area contributed by atoms with Gasteiger partial charge in [0.25, 0.3) is 0 Å². The van der Waals surface area contributed by atoms with Gasteiger partial charge in [0.1, 0.15) is 0 Å². The van der Waals surface area contributed by atoms with Crippen LogP contribution in [0.5, 0.6) is 0 Å². The first kappa shape index (κ1) is 31.0. The first-order valence-corrected chi connectivity index (χ1v) is 20.7. The van der Waals surface area contributed by atoms with E-state index in [-0.39, 0.29) is 11.0 Å². The molecule has 0 bridgehead atoms. The zero-order valence-corrected chi connectivity index (χ0v) is 28.1. The third-order valence-corrected chi connectivity index (χ3v) is 20.0. The summed E-state index contributed by atoms with van der Waals surface area (Å²) >= 11 is 0. The Morgan fingerprint density at radius 3 is 0.689 bits per heavy atom. The van der Waals surface area contributed by atoms with Gasteiger partial charge in [0.2, 0.25) is 0 Å². The van der Waals surface area contributed by atoms with E-state index in [0.29, 0.717) is 12.3 Å². The molecule has 45 heavy (non-hydrogen) atoms. The summed E-state index contributed by atoms with van der Waals surface area (Å²) in [6.07, 6.45) is 0.678. The zero-order chi connectivity index (χ0) is 31.0. The van der Waals surface area contributed by atoms with E-state index >= 15 is 0 Å². The summed E-state index contributed by atoms with van der Waals surface area (Å²) in [5, 5.41) is 7.05. The molecule has 0 radical (unpaired) electrons. The Balaban J connectivity index is 1.40. The first-order chi connectivity index (χ1) is 22.1. The van der Waals surface area contributed by atoms with Gasteiger partial charge >= 0.3 is 270 Å². The van der Waals surface area contributed by atoms with Crippen molar-refractivity contribution in [3.8, 4) is 0 Å². The molecule has 0 unspecified atom stereocenters. The fourth-order valence-electron chi connectivity index (χ4n) is 6.67. The predicted octanol–water partition coefficient (Wildman–Crippen LogP) is 6.17. The van der Waals surface area contributed by atoms with E-state index in [1.54, 1.807) is 0 Å². The summed E-state index contributed by atoms with van der Waals surface area (Å²) in [4.78, 5) is 28.7. The maximum atomic E-state index is 14.3. The van der Waals surface area contributed by atoms with E-state index in [1.807, 2.05) is 36.4 Å². The molecule has 0 atom stereocenters. The molecule has 0 saturated carbocycles. The Morgan fingerprint density at radius 2 is 0.511 bits per heavy atom. The minimum absolute atomic E-state index is 0.0281. The Kier molecular flexibility index (Phi) is 9.88. The van der Waals surface area contributed by atoms with Crippen molar-refractivity contribution in [1.29, 1.82) is 0 Å². The van der Waals surface area contributed by atoms with Gasteiger partial charge in [0.05, 0.1) is 0 Å². The summed E-state index contributed by atoms with van der Waals surface area (Å²) < 4.78 is 0. The monoisotopic (exact) mass is 642 g/mol. The van der Waals surface area contributed by atoms with Crippen LogP contribution in [0.15, 0.2) is 182 Å². The molecule has 6 aromatic rings. The van der Waals surface area contributed by atoms with E-state index in [9.17, 15) is 9.59 Å². The van der Waals surface area contributed by atoms with Crippen LogP contribution < -0.4 is 31.8 Å². The summed E-state index contributed by atoms with van der Waals surface area (Å²) in [6.45, 7) is 0. The predicted molar refractivity (Wildman–Crippen MR) is 201 cm³/mol. The molecule has 0 spiro atoms. The van der Waals surface area contributed by atoms with Gasteiger partial charge < -0.3 is 0 Å². The van der Waals surface area contributed by atoms with Crippen molar-refractivity contribution in [2.24, 2.45) is 0 Å². The van der Waals surface area contributed by atoms with Crippen LogP contribution in [0.2, 0.25) is 0 Å². The van der Waals surface area contributed by atoms with Crippen molar-refractivity contribution >= 4 is 66.0 Å². The molecule has 5 heteroatoms.